The van der Waals surface area contributed by atoms with Gasteiger partial charge in [0.25, 0.3) is 0 Å². The second kappa shape index (κ2) is 10.7. The number of unbranched alkanes of at least 4 members (excludes halogenated alkanes) is 1. The van der Waals surface area contributed by atoms with Crippen molar-refractivity contribution >= 4 is 11.9 Å². The summed E-state index contributed by atoms with van der Waals surface area (Å²) in [5.41, 5.74) is 2.86. The maximum atomic E-state index is 11.0. The Kier molecular flexibility index (Phi) is 9.03. The first-order chi connectivity index (χ1) is 11.9. The first-order valence-corrected chi connectivity index (χ1v) is 8.97. The average Bonchev–Trinajstić information content (AvgIpc) is 2.59. The van der Waals surface area contributed by atoms with Crippen LogP contribution in [0, 0.1) is 0 Å². The van der Waals surface area contributed by atoms with Gasteiger partial charge in [0.1, 0.15) is 0 Å². The number of hydrogen-bond donors (Lipinski definition) is 2. The molecule has 0 aliphatic heterocycles. The molecule has 0 heterocycles. The molecule has 0 aliphatic rings. The molecule has 0 fully saturated rings. The number of carbonyl (C=O) groups is 1. The Balaban J connectivity index is 2.25. The summed E-state index contributed by atoms with van der Waals surface area (Å²) >= 11 is 0. The van der Waals surface area contributed by atoms with E-state index in [1.165, 1.54) is 18.2 Å². The Morgan fingerprint density at radius 3 is 2.28 bits per heavy atom. The zero-order valence-electron chi connectivity index (χ0n) is 16.3. The smallest absolute Gasteiger partial charge is 0.305 e. The summed E-state index contributed by atoms with van der Waals surface area (Å²) in [5, 5.41) is 6.58. The van der Waals surface area contributed by atoms with Gasteiger partial charge in [0, 0.05) is 26.6 Å². The molecule has 0 saturated heterocycles. The highest BCUT2D eigenvalue weighted by Crippen LogP contribution is 2.22. The van der Waals surface area contributed by atoms with Crippen molar-refractivity contribution in [3.63, 3.8) is 0 Å². The van der Waals surface area contributed by atoms with Gasteiger partial charge in [-0.3, -0.25) is 9.79 Å². The van der Waals surface area contributed by atoms with E-state index >= 15 is 0 Å². The van der Waals surface area contributed by atoms with Crippen LogP contribution in [0.1, 0.15) is 51.2 Å². The van der Waals surface area contributed by atoms with Gasteiger partial charge in [0.15, 0.2) is 5.96 Å². The molecule has 0 spiro atoms. The van der Waals surface area contributed by atoms with Crippen LogP contribution < -0.4 is 10.6 Å². The third-order valence-electron chi connectivity index (χ3n) is 4.08. The van der Waals surface area contributed by atoms with E-state index in [1.807, 2.05) is 0 Å². The van der Waals surface area contributed by atoms with Gasteiger partial charge >= 0.3 is 5.97 Å². The lowest BCUT2D eigenvalue weighted by Crippen LogP contribution is -2.38. The highest BCUT2D eigenvalue weighted by atomic mass is 16.5. The Morgan fingerprint density at radius 2 is 1.72 bits per heavy atom. The highest BCUT2D eigenvalue weighted by Gasteiger charge is 2.12. The van der Waals surface area contributed by atoms with Gasteiger partial charge in [-0.2, -0.15) is 0 Å². The topological polar surface area (TPSA) is 62.7 Å². The minimum Gasteiger partial charge on any atom is -0.469 e. The first-order valence-electron chi connectivity index (χ1n) is 8.97. The van der Waals surface area contributed by atoms with E-state index in [0.29, 0.717) is 6.42 Å². The molecule has 1 aromatic carbocycles. The van der Waals surface area contributed by atoms with E-state index in [9.17, 15) is 4.79 Å². The Hall–Kier alpha value is -2.04. The number of ether oxygens (including phenoxy) is 1. The van der Waals surface area contributed by atoms with Crippen molar-refractivity contribution in [2.75, 3.05) is 27.2 Å². The number of hydrogen-bond acceptors (Lipinski definition) is 3. The maximum Gasteiger partial charge on any atom is 0.305 e. The van der Waals surface area contributed by atoms with Gasteiger partial charge in [-0.15, -0.1) is 0 Å². The fourth-order valence-corrected chi connectivity index (χ4v) is 2.42. The normalized spacial score (nSPS) is 12.0. The molecule has 2 N–H and O–H groups in total. The molecule has 0 atom stereocenters. The molecule has 0 unspecified atom stereocenters. The van der Waals surface area contributed by atoms with Crippen LogP contribution in [0.5, 0.6) is 0 Å². The number of aliphatic imine (C=N–C) groups is 1. The summed E-state index contributed by atoms with van der Waals surface area (Å²) in [4.78, 5) is 15.3. The molecule has 0 aromatic heterocycles. The Morgan fingerprint density at radius 1 is 1.08 bits per heavy atom. The van der Waals surface area contributed by atoms with E-state index in [-0.39, 0.29) is 11.4 Å². The number of nitrogens with one attached hydrogen (secondary N) is 2. The van der Waals surface area contributed by atoms with E-state index in [2.05, 4.69) is 65.4 Å². The zero-order valence-corrected chi connectivity index (χ0v) is 16.3. The largest absolute Gasteiger partial charge is 0.469 e. The van der Waals surface area contributed by atoms with Gasteiger partial charge in [0.2, 0.25) is 0 Å². The van der Waals surface area contributed by atoms with Crippen LogP contribution in [0.2, 0.25) is 0 Å². The molecule has 5 nitrogen and oxygen atoms in total. The van der Waals surface area contributed by atoms with E-state index in [4.69, 9.17) is 0 Å². The molecule has 0 saturated carbocycles. The van der Waals surface area contributed by atoms with Crippen LogP contribution in [0.4, 0.5) is 0 Å². The third-order valence-corrected chi connectivity index (χ3v) is 4.08. The summed E-state index contributed by atoms with van der Waals surface area (Å²) in [6, 6.07) is 8.82. The second-order valence-electron chi connectivity index (χ2n) is 7.16. The quantitative estimate of drug-likeness (QED) is 0.328. The van der Waals surface area contributed by atoms with Crippen molar-refractivity contribution in [3.05, 3.63) is 35.4 Å². The molecular formula is C20H33N3O2. The summed E-state index contributed by atoms with van der Waals surface area (Å²) in [5.74, 6) is 0.643. The van der Waals surface area contributed by atoms with Gasteiger partial charge in [-0.25, -0.2) is 0 Å². The summed E-state index contributed by atoms with van der Waals surface area (Å²) in [7, 11) is 3.19. The van der Waals surface area contributed by atoms with Crippen molar-refractivity contribution in [3.8, 4) is 0 Å². The summed E-state index contributed by atoms with van der Waals surface area (Å²) in [6.45, 7) is 8.30. The average molecular weight is 348 g/mol. The highest BCUT2D eigenvalue weighted by molar-refractivity contribution is 5.79. The molecule has 0 bridgehead atoms. The summed E-state index contributed by atoms with van der Waals surface area (Å²) < 4.78 is 4.62. The molecule has 140 valence electrons. The van der Waals surface area contributed by atoms with Gasteiger partial charge in [-0.1, -0.05) is 45.0 Å². The monoisotopic (exact) mass is 347 g/mol. The number of methoxy groups -OCH3 is 1. The molecule has 0 amide bonds. The molecule has 0 radical (unpaired) electrons. The predicted octanol–water partition coefficient (Wildman–Crippen LogP) is 3.03. The van der Waals surface area contributed by atoms with Crippen molar-refractivity contribution in [1.29, 1.82) is 0 Å². The van der Waals surface area contributed by atoms with E-state index in [0.717, 1.165) is 38.3 Å². The number of nitrogens with zero attached hydrogens (tertiary/aromatic N) is 1. The van der Waals surface area contributed by atoms with Crippen molar-refractivity contribution in [1.82, 2.24) is 10.6 Å². The van der Waals surface area contributed by atoms with Gasteiger partial charge in [-0.05, 0) is 35.8 Å². The van der Waals surface area contributed by atoms with Crippen LogP contribution in [0.15, 0.2) is 29.3 Å². The number of rotatable bonds is 8. The third kappa shape index (κ3) is 8.57. The van der Waals surface area contributed by atoms with Crippen LogP contribution in [-0.4, -0.2) is 39.2 Å². The molecule has 1 rings (SSSR count). The SMILES string of the molecule is CN=C(NCCCCC(=O)OC)NCCc1ccc(C(C)(C)C)cc1. The molecule has 25 heavy (non-hydrogen) atoms. The maximum absolute atomic E-state index is 11.0. The fraction of sp³-hybridized carbons (Fsp3) is 0.600. The van der Waals surface area contributed by atoms with E-state index in [1.54, 1.807) is 7.05 Å². The van der Waals surface area contributed by atoms with Crippen LogP contribution in [0.3, 0.4) is 0 Å². The lowest BCUT2D eigenvalue weighted by Gasteiger charge is -2.19. The Labute approximate surface area is 152 Å². The minimum atomic E-state index is -0.153. The second-order valence-corrected chi connectivity index (χ2v) is 7.16. The lowest BCUT2D eigenvalue weighted by atomic mass is 9.86. The number of guanidine groups is 1. The number of esters is 1. The lowest BCUT2D eigenvalue weighted by molar-refractivity contribution is -0.140. The van der Waals surface area contributed by atoms with Crippen molar-refractivity contribution in [2.45, 2.75) is 51.9 Å². The number of carbonyl (C=O) groups excluding carboxylic acids is 1. The predicted molar refractivity (Wildman–Crippen MR) is 104 cm³/mol. The Bertz CT molecular complexity index is 545. The molecule has 1 aromatic rings. The first kappa shape index (κ1) is 21.0. The van der Waals surface area contributed by atoms with Crippen LogP contribution >= 0.6 is 0 Å². The molecule has 0 aliphatic carbocycles. The molecular weight excluding hydrogens is 314 g/mol. The zero-order chi connectivity index (χ0) is 18.7. The summed E-state index contributed by atoms with van der Waals surface area (Å²) in [6.07, 6.45) is 3.14. The van der Waals surface area contributed by atoms with Gasteiger partial charge in [0.05, 0.1) is 7.11 Å². The van der Waals surface area contributed by atoms with Crippen molar-refractivity contribution < 1.29 is 9.53 Å². The van der Waals surface area contributed by atoms with Crippen LogP contribution in [0.25, 0.3) is 0 Å². The fourth-order valence-electron chi connectivity index (χ4n) is 2.42. The van der Waals surface area contributed by atoms with Crippen LogP contribution in [-0.2, 0) is 21.4 Å². The number of benzene rings is 1. The van der Waals surface area contributed by atoms with Gasteiger partial charge < -0.3 is 15.4 Å². The van der Waals surface area contributed by atoms with Crippen molar-refractivity contribution in [2.24, 2.45) is 4.99 Å². The standard InChI is InChI=1S/C20H33N3O2/c1-20(2,3)17-11-9-16(10-12-17)13-15-23-19(21-4)22-14-7-6-8-18(24)25-5/h9-12H,6-8,13-15H2,1-5H3,(H2,21,22,23). The van der Waals surface area contributed by atoms with E-state index < -0.39 is 0 Å². The minimum absolute atomic E-state index is 0.153. The molecule has 5 heteroatoms.